The molecule has 0 unspecified atom stereocenters. The molecule has 0 bridgehead atoms. The first-order valence-corrected chi connectivity index (χ1v) is 6.81. The number of halogens is 1. The number of benzene rings is 2. The van der Waals surface area contributed by atoms with E-state index < -0.39 is 5.82 Å². The summed E-state index contributed by atoms with van der Waals surface area (Å²) in [5.41, 5.74) is 7.77. The zero-order valence-electron chi connectivity index (χ0n) is 11.8. The Bertz CT molecular complexity index is 664. The number of hydrogen-bond donors (Lipinski definition) is 1. The summed E-state index contributed by atoms with van der Waals surface area (Å²) >= 11 is 0. The van der Waals surface area contributed by atoms with E-state index in [9.17, 15) is 4.39 Å². The highest BCUT2D eigenvalue weighted by Crippen LogP contribution is 2.26. The van der Waals surface area contributed by atoms with Crippen LogP contribution in [-0.4, -0.2) is 0 Å². The summed E-state index contributed by atoms with van der Waals surface area (Å²) in [6, 6.07) is 13.7. The molecule has 3 nitrogen and oxygen atoms in total. The molecule has 0 saturated heterocycles. The predicted octanol–water partition coefficient (Wildman–Crippen LogP) is 3.69. The molecule has 0 saturated carbocycles. The van der Waals surface area contributed by atoms with Crippen molar-refractivity contribution in [1.29, 1.82) is 5.26 Å². The molecule has 2 aromatic carbocycles. The zero-order chi connectivity index (χ0) is 15.2. The third kappa shape index (κ3) is 3.59. The van der Waals surface area contributed by atoms with Gasteiger partial charge in [-0.15, -0.1) is 0 Å². The quantitative estimate of drug-likeness (QED) is 0.911. The lowest BCUT2D eigenvalue weighted by Crippen LogP contribution is -2.10. The third-order valence-corrected chi connectivity index (χ3v) is 3.30. The van der Waals surface area contributed by atoms with Crippen LogP contribution in [0.1, 0.15) is 36.1 Å². The molecule has 0 radical (unpaired) electrons. The second-order valence-corrected chi connectivity index (χ2v) is 4.77. The Balaban J connectivity index is 2.15. The second kappa shape index (κ2) is 6.87. The maximum atomic E-state index is 13.3. The van der Waals surface area contributed by atoms with Crippen molar-refractivity contribution in [2.24, 2.45) is 5.73 Å². The molecular formula is C17H17FN2O. The van der Waals surface area contributed by atoms with Crippen molar-refractivity contribution >= 4 is 0 Å². The minimum Gasteiger partial charge on any atom is -0.489 e. The van der Waals surface area contributed by atoms with Gasteiger partial charge in [-0.05, 0) is 30.2 Å². The van der Waals surface area contributed by atoms with Gasteiger partial charge in [0.05, 0.1) is 5.56 Å². The van der Waals surface area contributed by atoms with Crippen molar-refractivity contribution in [2.75, 3.05) is 0 Å². The van der Waals surface area contributed by atoms with Gasteiger partial charge in [0.15, 0.2) is 0 Å². The van der Waals surface area contributed by atoms with E-state index in [1.165, 1.54) is 12.1 Å². The van der Waals surface area contributed by atoms with Crippen molar-refractivity contribution in [3.8, 4) is 11.8 Å². The van der Waals surface area contributed by atoms with Gasteiger partial charge < -0.3 is 10.5 Å². The lowest BCUT2D eigenvalue weighted by molar-refractivity contribution is 0.300. The monoisotopic (exact) mass is 284 g/mol. The van der Waals surface area contributed by atoms with Crippen LogP contribution in [0, 0.1) is 17.1 Å². The average molecular weight is 284 g/mol. The summed E-state index contributed by atoms with van der Waals surface area (Å²) in [4.78, 5) is 0. The maximum Gasteiger partial charge on any atom is 0.140 e. The summed E-state index contributed by atoms with van der Waals surface area (Å²) in [6.07, 6.45) is 0.815. The van der Waals surface area contributed by atoms with Crippen molar-refractivity contribution in [2.45, 2.75) is 26.0 Å². The highest BCUT2D eigenvalue weighted by Gasteiger charge is 2.10. The fourth-order valence-corrected chi connectivity index (χ4v) is 2.05. The lowest BCUT2D eigenvalue weighted by Gasteiger charge is -2.15. The van der Waals surface area contributed by atoms with Gasteiger partial charge in [0.2, 0.25) is 0 Å². The zero-order valence-corrected chi connectivity index (χ0v) is 11.8. The summed E-state index contributed by atoms with van der Waals surface area (Å²) in [5, 5.41) is 8.83. The molecule has 4 heteroatoms. The lowest BCUT2D eigenvalue weighted by atomic mass is 10.0. The van der Waals surface area contributed by atoms with E-state index in [0.717, 1.165) is 23.3 Å². The summed E-state index contributed by atoms with van der Waals surface area (Å²) in [7, 11) is 0. The van der Waals surface area contributed by atoms with Crippen LogP contribution in [0.2, 0.25) is 0 Å². The molecule has 1 atom stereocenters. The smallest absolute Gasteiger partial charge is 0.140 e. The number of ether oxygens (including phenoxy) is 1. The molecule has 2 aromatic rings. The van der Waals surface area contributed by atoms with E-state index in [-0.39, 0.29) is 18.2 Å². The van der Waals surface area contributed by atoms with Crippen molar-refractivity contribution in [3.63, 3.8) is 0 Å². The average Bonchev–Trinajstić information content (AvgIpc) is 2.53. The molecule has 2 rings (SSSR count). The van der Waals surface area contributed by atoms with Gasteiger partial charge in [0, 0.05) is 11.6 Å². The number of nitrogens with two attached hydrogens (primary N) is 1. The Kier molecular flexibility index (Phi) is 4.91. The van der Waals surface area contributed by atoms with E-state index in [1.807, 2.05) is 37.3 Å². The van der Waals surface area contributed by atoms with Gasteiger partial charge in [-0.1, -0.05) is 31.2 Å². The predicted molar refractivity (Wildman–Crippen MR) is 79.1 cm³/mol. The molecular weight excluding hydrogens is 267 g/mol. The fourth-order valence-electron chi connectivity index (χ4n) is 2.05. The van der Waals surface area contributed by atoms with Crippen LogP contribution >= 0.6 is 0 Å². The topological polar surface area (TPSA) is 59.0 Å². The molecule has 108 valence electrons. The Morgan fingerprint density at radius 3 is 2.76 bits per heavy atom. The first kappa shape index (κ1) is 15.0. The highest BCUT2D eigenvalue weighted by atomic mass is 19.1. The van der Waals surface area contributed by atoms with E-state index in [1.54, 1.807) is 6.07 Å². The second-order valence-electron chi connectivity index (χ2n) is 4.77. The summed E-state index contributed by atoms with van der Waals surface area (Å²) in [5.74, 6) is 0.198. The first-order chi connectivity index (χ1) is 10.2. The van der Waals surface area contributed by atoms with Crippen LogP contribution in [0.15, 0.2) is 42.5 Å². The number of nitriles is 1. The van der Waals surface area contributed by atoms with Crippen molar-refractivity contribution in [1.82, 2.24) is 0 Å². The van der Waals surface area contributed by atoms with Gasteiger partial charge in [0.25, 0.3) is 0 Å². The molecule has 0 fully saturated rings. The molecule has 0 heterocycles. The molecule has 0 aliphatic heterocycles. The summed E-state index contributed by atoms with van der Waals surface area (Å²) in [6.45, 7) is 2.28. The van der Waals surface area contributed by atoms with Crippen LogP contribution in [0.25, 0.3) is 0 Å². The number of para-hydroxylation sites is 1. The van der Waals surface area contributed by atoms with Crippen LogP contribution in [0.3, 0.4) is 0 Å². The number of rotatable bonds is 5. The minimum atomic E-state index is -0.519. The normalized spacial score (nSPS) is 11.7. The molecule has 0 spiro atoms. The number of hydrogen-bond acceptors (Lipinski definition) is 3. The van der Waals surface area contributed by atoms with Gasteiger partial charge in [-0.3, -0.25) is 0 Å². The maximum absolute atomic E-state index is 13.3. The van der Waals surface area contributed by atoms with Crippen LogP contribution in [-0.2, 0) is 6.61 Å². The van der Waals surface area contributed by atoms with Gasteiger partial charge in [-0.2, -0.15) is 5.26 Å². The largest absolute Gasteiger partial charge is 0.489 e. The van der Waals surface area contributed by atoms with E-state index in [4.69, 9.17) is 15.7 Å². The van der Waals surface area contributed by atoms with Gasteiger partial charge in [-0.25, -0.2) is 4.39 Å². The van der Waals surface area contributed by atoms with Crippen molar-refractivity contribution < 1.29 is 9.13 Å². The molecule has 0 aromatic heterocycles. The fraction of sp³-hybridized carbons (Fsp3) is 0.235. The van der Waals surface area contributed by atoms with Crippen molar-refractivity contribution in [3.05, 3.63) is 65.0 Å². The van der Waals surface area contributed by atoms with E-state index >= 15 is 0 Å². The van der Waals surface area contributed by atoms with Gasteiger partial charge in [0.1, 0.15) is 24.2 Å². The first-order valence-electron chi connectivity index (χ1n) is 6.81. The Morgan fingerprint density at radius 1 is 1.29 bits per heavy atom. The Hall–Kier alpha value is -2.38. The summed E-state index contributed by atoms with van der Waals surface area (Å²) < 4.78 is 19.0. The molecule has 2 N–H and O–H groups in total. The van der Waals surface area contributed by atoms with Crippen LogP contribution in [0.4, 0.5) is 4.39 Å². The Morgan fingerprint density at radius 2 is 2.05 bits per heavy atom. The third-order valence-electron chi connectivity index (χ3n) is 3.30. The van der Waals surface area contributed by atoms with Gasteiger partial charge >= 0.3 is 0 Å². The molecule has 21 heavy (non-hydrogen) atoms. The van der Waals surface area contributed by atoms with Crippen LogP contribution < -0.4 is 10.5 Å². The van der Waals surface area contributed by atoms with Crippen LogP contribution in [0.5, 0.6) is 5.75 Å². The SMILES string of the molecule is CC[C@H](N)c1ccccc1OCc1ccc(F)c(C#N)c1. The number of nitrogens with zero attached hydrogens (tertiary/aromatic N) is 1. The van der Waals surface area contributed by atoms with E-state index in [2.05, 4.69) is 0 Å². The Labute approximate surface area is 123 Å². The minimum absolute atomic E-state index is 0.0228. The highest BCUT2D eigenvalue weighted by molar-refractivity contribution is 5.37. The molecule has 0 aliphatic rings. The molecule has 0 amide bonds. The van der Waals surface area contributed by atoms with E-state index in [0.29, 0.717) is 0 Å². The standard InChI is InChI=1S/C17H17FN2O/c1-2-16(20)14-5-3-4-6-17(14)21-11-12-7-8-15(18)13(9-12)10-19/h3-9,16H,2,11,20H2,1H3/t16-/m0/s1. The molecule has 0 aliphatic carbocycles.